The summed E-state index contributed by atoms with van der Waals surface area (Å²) in [6, 6.07) is 9.97. The van der Waals surface area contributed by atoms with Crippen LogP contribution in [-0.2, 0) is 4.74 Å². The van der Waals surface area contributed by atoms with Crippen LogP contribution in [-0.4, -0.2) is 45.0 Å². The van der Waals surface area contributed by atoms with E-state index in [0.717, 1.165) is 28.2 Å². The molecule has 3 aromatic rings. The van der Waals surface area contributed by atoms with Gasteiger partial charge in [0.1, 0.15) is 36.3 Å². The van der Waals surface area contributed by atoms with Crippen molar-refractivity contribution in [2.75, 3.05) is 18.5 Å². The van der Waals surface area contributed by atoms with E-state index in [1.54, 1.807) is 20.2 Å². The van der Waals surface area contributed by atoms with Crippen LogP contribution in [0.25, 0.3) is 11.0 Å². The van der Waals surface area contributed by atoms with Crippen LogP contribution in [0.2, 0.25) is 0 Å². The largest absolute Gasteiger partial charge is 0.490 e. The smallest absolute Gasteiger partial charge is 0.143 e. The van der Waals surface area contributed by atoms with Crippen molar-refractivity contribution in [3.63, 3.8) is 0 Å². The first-order chi connectivity index (χ1) is 14.0. The molecular formula is C22H26N4O3. The lowest BCUT2D eigenvalue weighted by molar-refractivity contribution is -0.0746. The maximum Gasteiger partial charge on any atom is 0.143 e. The van der Waals surface area contributed by atoms with Gasteiger partial charge in [0.25, 0.3) is 0 Å². The topological polar surface area (TPSA) is 92.3 Å². The van der Waals surface area contributed by atoms with E-state index < -0.39 is 5.60 Å². The Morgan fingerprint density at radius 2 is 2.10 bits per heavy atom. The molecule has 0 saturated heterocycles. The summed E-state index contributed by atoms with van der Waals surface area (Å²) in [6.45, 7) is 4.09. The number of hydrogen-bond donors (Lipinski definition) is 3. The molecule has 0 radical (unpaired) electrons. The highest BCUT2D eigenvalue weighted by Gasteiger charge is 2.34. The molecule has 152 valence electrons. The highest BCUT2D eigenvalue weighted by molar-refractivity contribution is 5.88. The first kappa shape index (κ1) is 18.4. The standard InChI is InChI=1S/C22H26N4O3/c1-22(2,27)11-29-18-10-28-17-6-4-3-5-14(17)19(18)26-21-15-9-16(13-7-8-13)25-20(15)23-12-24-21/h3-6,9,12-13,18-19,27H,7-8,10-11H2,1-2H3,(H2,23,24,25,26)/t18-,19-/m0/s1. The lowest BCUT2D eigenvalue weighted by Crippen LogP contribution is -2.40. The molecule has 7 nitrogen and oxygen atoms in total. The number of nitrogens with one attached hydrogen (secondary N) is 2. The minimum absolute atomic E-state index is 0.153. The van der Waals surface area contributed by atoms with E-state index in [1.165, 1.54) is 18.5 Å². The van der Waals surface area contributed by atoms with Crippen molar-refractivity contribution in [1.82, 2.24) is 15.0 Å². The van der Waals surface area contributed by atoms with Gasteiger partial charge in [-0.05, 0) is 44.7 Å². The Hall–Kier alpha value is -2.64. The zero-order chi connectivity index (χ0) is 20.0. The number of aromatic nitrogens is 3. The molecule has 0 bridgehead atoms. The number of ether oxygens (including phenoxy) is 2. The van der Waals surface area contributed by atoms with Crippen molar-refractivity contribution in [3.05, 3.63) is 47.9 Å². The molecule has 0 spiro atoms. The Morgan fingerprint density at radius 3 is 2.90 bits per heavy atom. The monoisotopic (exact) mass is 394 g/mol. The molecule has 29 heavy (non-hydrogen) atoms. The third-order valence-electron chi connectivity index (χ3n) is 5.44. The van der Waals surface area contributed by atoms with E-state index >= 15 is 0 Å². The van der Waals surface area contributed by atoms with Crippen molar-refractivity contribution in [1.29, 1.82) is 0 Å². The predicted octanol–water partition coefficient (Wildman–Crippen LogP) is 3.54. The van der Waals surface area contributed by atoms with E-state index in [-0.39, 0.29) is 18.8 Å². The van der Waals surface area contributed by atoms with E-state index in [0.29, 0.717) is 12.5 Å². The van der Waals surface area contributed by atoms with Crippen LogP contribution in [0, 0.1) is 0 Å². The molecule has 1 aromatic carbocycles. The lowest BCUT2D eigenvalue weighted by Gasteiger charge is -2.35. The SMILES string of the molecule is CC(C)(O)CO[C@H]1COc2ccccc2[C@@H]1Nc1ncnc2[nH]c(C3CC3)cc12. The minimum atomic E-state index is -0.913. The molecule has 5 rings (SSSR count). The number of para-hydroxylation sites is 1. The number of aliphatic hydroxyl groups is 1. The first-order valence-corrected chi connectivity index (χ1v) is 10.1. The molecule has 1 aliphatic carbocycles. The predicted molar refractivity (Wildman–Crippen MR) is 110 cm³/mol. The Morgan fingerprint density at radius 1 is 1.28 bits per heavy atom. The van der Waals surface area contributed by atoms with Gasteiger partial charge < -0.3 is 24.9 Å². The molecule has 1 aliphatic heterocycles. The molecule has 1 fully saturated rings. The summed E-state index contributed by atoms with van der Waals surface area (Å²) in [7, 11) is 0. The first-order valence-electron chi connectivity index (χ1n) is 10.1. The van der Waals surface area contributed by atoms with E-state index in [1.807, 2.05) is 24.3 Å². The van der Waals surface area contributed by atoms with Gasteiger partial charge in [0.15, 0.2) is 0 Å². The quantitative estimate of drug-likeness (QED) is 0.592. The Kier molecular flexibility index (Phi) is 4.44. The van der Waals surface area contributed by atoms with Crippen LogP contribution in [0.4, 0.5) is 5.82 Å². The van der Waals surface area contributed by atoms with Crippen LogP contribution in [0.15, 0.2) is 36.7 Å². The summed E-state index contributed by atoms with van der Waals surface area (Å²) in [5.41, 5.74) is 2.18. The van der Waals surface area contributed by atoms with Crippen LogP contribution in [0.5, 0.6) is 5.75 Å². The summed E-state index contributed by atoms with van der Waals surface area (Å²) >= 11 is 0. The van der Waals surface area contributed by atoms with Crippen LogP contribution in [0.1, 0.15) is 49.9 Å². The van der Waals surface area contributed by atoms with Gasteiger partial charge in [0.2, 0.25) is 0 Å². The third-order valence-corrected chi connectivity index (χ3v) is 5.44. The summed E-state index contributed by atoms with van der Waals surface area (Å²) in [4.78, 5) is 12.4. The van der Waals surface area contributed by atoms with Crippen molar-refractivity contribution < 1.29 is 14.6 Å². The Balaban J connectivity index is 1.48. The van der Waals surface area contributed by atoms with Crippen LogP contribution in [0.3, 0.4) is 0 Å². The number of benzene rings is 1. The maximum absolute atomic E-state index is 10.1. The van der Waals surface area contributed by atoms with Gasteiger partial charge in [-0.15, -0.1) is 0 Å². The van der Waals surface area contributed by atoms with Gasteiger partial charge in [-0.1, -0.05) is 18.2 Å². The van der Waals surface area contributed by atoms with Crippen molar-refractivity contribution in [2.45, 2.75) is 50.4 Å². The molecule has 3 N–H and O–H groups in total. The van der Waals surface area contributed by atoms with Gasteiger partial charge >= 0.3 is 0 Å². The fourth-order valence-corrected chi connectivity index (χ4v) is 3.80. The normalized spacial score (nSPS) is 21.6. The summed E-state index contributed by atoms with van der Waals surface area (Å²) < 4.78 is 12.0. The van der Waals surface area contributed by atoms with Crippen molar-refractivity contribution >= 4 is 16.9 Å². The van der Waals surface area contributed by atoms with Gasteiger partial charge in [-0.25, -0.2) is 9.97 Å². The molecule has 2 aliphatic rings. The summed E-state index contributed by atoms with van der Waals surface area (Å²) in [5.74, 6) is 2.23. The minimum Gasteiger partial charge on any atom is -0.490 e. The highest BCUT2D eigenvalue weighted by atomic mass is 16.5. The van der Waals surface area contributed by atoms with Crippen molar-refractivity contribution in [2.24, 2.45) is 0 Å². The number of aromatic amines is 1. The number of H-pyrrole nitrogens is 1. The molecule has 2 aromatic heterocycles. The van der Waals surface area contributed by atoms with E-state index in [9.17, 15) is 5.11 Å². The molecule has 0 amide bonds. The zero-order valence-corrected chi connectivity index (χ0v) is 16.7. The van der Waals surface area contributed by atoms with Gasteiger partial charge in [0.05, 0.1) is 23.6 Å². The molecule has 3 heterocycles. The fraction of sp³-hybridized carbons (Fsp3) is 0.455. The van der Waals surface area contributed by atoms with Crippen LogP contribution < -0.4 is 10.1 Å². The van der Waals surface area contributed by atoms with Gasteiger partial charge in [0, 0.05) is 11.3 Å². The third kappa shape index (κ3) is 3.80. The molecule has 2 atom stereocenters. The fourth-order valence-electron chi connectivity index (χ4n) is 3.80. The van der Waals surface area contributed by atoms with Gasteiger partial charge in [-0.2, -0.15) is 0 Å². The number of nitrogens with zero attached hydrogens (tertiary/aromatic N) is 2. The molecular weight excluding hydrogens is 368 g/mol. The van der Waals surface area contributed by atoms with Gasteiger partial charge in [-0.3, -0.25) is 0 Å². The van der Waals surface area contributed by atoms with E-state index in [4.69, 9.17) is 9.47 Å². The van der Waals surface area contributed by atoms with E-state index in [2.05, 4.69) is 26.3 Å². The second kappa shape index (κ2) is 7.00. The summed E-state index contributed by atoms with van der Waals surface area (Å²) in [5, 5.41) is 14.7. The number of hydrogen-bond acceptors (Lipinski definition) is 6. The second-order valence-corrected chi connectivity index (χ2v) is 8.62. The Bertz CT molecular complexity index is 1020. The molecule has 7 heteroatoms. The second-order valence-electron chi connectivity index (χ2n) is 8.62. The maximum atomic E-state index is 10.1. The number of rotatable bonds is 6. The summed E-state index contributed by atoms with van der Waals surface area (Å²) in [6.07, 6.45) is 3.77. The average Bonchev–Trinajstić information content (AvgIpc) is 3.45. The van der Waals surface area contributed by atoms with Crippen LogP contribution >= 0.6 is 0 Å². The molecule has 1 saturated carbocycles. The lowest BCUT2D eigenvalue weighted by atomic mass is 9.97. The molecule has 0 unspecified atom stereocenters. The number of anilines is 1. The zero-order valence-electron chi connectivity index (χ0n) is 16.7. The highest BCUT2D eigenvalue weighted by Crippen LogP contribution is 2.42. The number of fused-ring (bicyclic) bond motifs is 2. The van der Waals surface area contributed by atoms with Crippen molar-refractivity contribution in [3.8, 4) is 5.75 Å². The Labute approximate surface area is 169 Å². The average molecular weight is 394 g/mol.